The average molecular weight is 303 g/mol. The van der Waals surface area contributed by atoms with Gasteiger partial charge in [-0.25, -0.2) is 0 Å². The van der Waals surface area contributed by atoms with Crippen LogP contribution in [0.5, 0.6) is 0 Å². The number of halogens is 2. The zero-order chi connectivity index (χ0) is 8.53. The van der Waals surface area contributed by atoms with E-state index in [2.05, 4.69) is 6.92 Å². The van der Waals surface area contributed by atoms with Crippen molar-refractivity contribution in [2.75, 3.05) is 0 Å². The van der Waals surface area contributed by atoms with Gasteiger partial charge in [-0.05, 0) is 0 Å². The number of unbranched alkanes of at least 4 members (excludes halogenated alkanes) is 5. The minimum atomic E-state index is -1.76. The minimum absolute atomic E-state index is 1.15. The van der Waals surface area contributed by atoms with Crippen LogP contribution in [0.4, 0.5) is 0 Å². The van der Waals surface area contributed by atoms with Crippen LogP contribution >= 0.6 is 17.8 Å². The summed E-state index contributed by atoms with van der Waals surface area (Å²) >= 11 is -1.76. The van der Waals surface area contributed by atoms with E-state index in [1.165, 1.54) is 38.5 Å². The molecule has 0 aromatic carbocycles. The van der Waals surface area contributed by atoms with E-state index in [-0.39, 0.29) is 0 Å². The Balaban J connectivity index is 2.80. The molecule has 0 N–H and O–H groups in total. The van der Waals surface area contributed by atoms with E-state index in [0.717, 1.165) is 4.44 Å². The molecule has 0 fully saturated rings. The molecule has 0 nitrogen and oxygen atoms in total. The molecule has 11 heavy (non-hydrogen) atoms. The average Bonchev–Trinajstić information content (AvgIpc) is 1.96. The first kappa shape index (κ1) is 12.4. The number of hydrogen-bond donors (Lipinski definition) is 0. The Labute approximate surface area is 84.8 Å². The fourth-order valence-corrected chi connectivity index (χ4v) is 4.31. The molecule has 0 spiro atoms. The standard InChI is InChI=1S/C8H17.2ClH.Sn/c1-3-5-7-8-6-4-2;;;/h1,3-8H2,2H3;2*1H;/q;;;+2/p-2. The molecule has 0 saturated carbocycles. The molecular weight excluding hydrogens is 286 g/mol. The first-order chi connectivity index (χ1) is 5.27. The number of hydrogen-bond acceptors (Lipinski definition) is 0. The van der Waals surface area contributed by atoms with Gasteiger partial charge in [0.1, 0.15) is 0 Å². The van der Waals surface area contributed by atoms with Gasteiger partial charge in [0, 0.05) is 0 Å². The SMILES string of the molecule is CCCCCCC[CH2][Sn]([Cl])[Cl]. The van der Waals surface area contributed by atoms with E-state index >= 15 is 0 Å². The Hall–Kier alpha value is 1.38. The molecule has 0 unspecified atom stereocenters. The molecule has 0 heterocycles. The summed E-state index contributed by atoms with van der Waals surface area (Å²) in [6, 6.07) is 0. The second-order valence-electron chi connectivity index (χ2n) is 2.86. The predicted molar refractivity (Wildman–Crippen MR) is 55.6 cm³/mol. The van der Waals surface area contributed by atoms with Crippen molar-refractivity contribution in [3.63, 3.8) is 0 Å². The summed E-state index contributed by atoms with van der Waals surface area (Å²) in [5, 5.41) is 0. The van der Waals surface area contributed by atoms with Crippen LogP contribution in [-0.2, 0) is 0 Å². The van der Waals surface area contributed by atoms with Crippen LogP contribution in [0.3, 0.4) is 0 Å². The topological polar surface area (TPSA) is 0 Å². The van der Waals surface area contributed by atoms with Crippen molar-refractivity contribution in [1.82, 2.24) is 0 Å². The van der Waals surface area contributed by atoms with Gasteiger partial charge < -0.3 is 0 Å². The first-order valence-corrected chi connectivity index (χ1v) is 13.7. The summed E-state index contributed by atoms with van der Waals surface area (Å²) in [5.74, 6) is 0. The normalized spacial score (nSPS) is 10.9. The van der Waals surface area contributed by atoms with E-state index in [1.54, 1.807) is 0 Å². The Morgan fingerprint density at radius 2 is 1.45 bits per heavy atom. The van der Waals surface area contributed by atoms with E-state index < -0.39 is 17.5 Å². The molecule has 0 atom stereocenters. The monoisotopic (exact) mass is 303 g/mol. The van der Waals surface area contributed by atoms with Gasteiger partial charge in [0.15, 0.2) is 0 Å². The van der Waals surface area contributed by atoms with Crippen molar-refractivity contribution in [3.8, 4) is 0 Å². The van der Waals surface area contributed by atoms with E-state index in [4.69, 9.17) is 17.8 Å². The van der Waals surface area contributed by atoms with E-state index in [9.17, 15) is 0 Å². The van der Waals surface area contributed by atoms with Gasteiger partial charge in [-0.2, -0.15) is 0 Å². The zero-order valence-electron chi connectivity index (χ0n) is 7.21. The number of rotatable bonds is 7. The molecule has 0 bridgehead atoms. The molecule has 0 amide bonds. The Bertz CT molecular complexity index is 76.5. The molecule has 0 aliphatic heterocycles. The van der Waals surface area contributed by atoms with Gasteiger partial charge >= 0.3 is 85.2 Å². The zero-order valence-corrected chi connectivity index (χ0v) is 11.6. The quantitative estimate of drug-likeness (QED) is 0.485. The van der Waals surface area contributed by atoms with Crippen LogP contribution < -0.4 is 0 Å². The van der Waals surface area contributed by atoms with Gasteiger partial charge in [0.2, 0.25) is 0 Å². The van der Waals surface area contributed by atoms with Crippen LogP contribution in [0.1, 0.15) is 45.4 Å². The molecule has 0 aliphatic carbocycles. The summed E-state index contributed by atoms with van der Waals surface area (Å²) < 4.78 is 1.15. The van der Waals surface area contributed by atoms with Gasteiger partial charge in [-0.15, -0.1) is 0 Å². The Morgan fingerprint density at radius 1 is 0.909 bits per heavy atom. The maximum absolute atomic E-state index is 5.78. The van der Waals surface area contributed by atoms with E-state index in [1.807, 2.05) is 0 Å². The summed E-state index contributed by atoms with van der Waals surface area (Å²) in [6.45, 7) is 2.24. The summed E-state index contributed by atoms with van der Waals surface area (Å²) in [6.07, 6.45) is 8.08. The summed E-state index contributed by atoms with van der Waals surface area (Å²) in [7, 11) is 11.6. The van der Waals surface area contributed by atoms with Crippen LogP contribution in [0.15, 0.2) is 0 Å². The van der Waals surface area contributed by atoms with E-state index in [0.29, 0.717) is 0 Å². The van der Waals surface area contributed by atoms with Crippen LogP contribution in [0.25, 0.3) is 0 Å². The molecule has 0 aromatic rings. The second-order valence-corrected chi connectivity index (χ2v) is 13.6. The molecule has 0 aromatic heterocycles. The third-order valence-corrected chi connectivity index (χ3v) is 6.34. The van der Waals surface area contributed by atoms with Gasteiger partial charge in [-0.1, -0.05) is 0 Å². The fourth-order valence-electron chi connectivity index (χ4n) is 1.04. The molecule has 67 valence electrons. The Morgan fingerprint density at radius 3 is 2.00 bits per heavy atom. The van der Waals surface area contributed by atoms with Gasteiger partial charge in [-0.3, -0.25) is 0 Å². The van der Waals surface area contributed by atoms with Crippen molar-refractivity contribution in [2.24, 2.45) is 0 Å². The maximum atomic E-state index is 5.78. The van der Waals surface area contributed by atoms with Crippen LogP contribution in [0, 0.1) is 0 Å². The van der Waals surface area contributed by atoms with Crippen molar-refractivity contribution >= 4 is 35.3 Å². The van der Waals surface area contributed by atoms with Gasteiger partial charge in [0.05, 0.1) is 0 Å². The van der Waals surface area contributed by atoms with Crippen molar-refractivity contribution in [1.29, 1.82) is 0 Å². The molecular formula is C8H17Cl2Sn. The summed E-state index contributed by atoms with van der Waals surface area (Å²) in [5.41, 5.74) is 0. The molecule has 0 aliphatic rings. The summed E-state index contributed by atoms with van der Waals surface area (Å²) in [4.78, 5) is 0. The van der Waals surface area contributed by atoms with Crippen molar-refractivity contribution in [2.45, 2.75) is 49.9 Å². The molecule has 0 rings (SSSR count). The van der Waals surface area contributed by atoms with Crippen LogP contribution in [-0.4, -0.2) is 17.5 Å². The molecule has 1 radical (unpaired) electrons. The predicted octanol–water partition coefficient (Wildman–Crippen LogP) is 4.31. The van der Waals surface area contributed by atoms with Crippen molar-refractivity contribution < 1.29 is 0 Å². The van der Waals surface area contributed by atoms with Crippen LogP contribution in [0.2, 0.25) is 4.44 Å². The molecule has 3 heteroatoms. The van der Waals surface area contributed by atoms with Crippen molar-refractivity contribution in [3.05, 3.63) is 0 Å². The second kappa shape index (κ2) is 9.47. The van der Waals surface area contributed by atoms with Gasteiger partial charge in [0.25, 0.3) is 0 Å². The molecule has 0 saturated heterocycles. The third-order valence-electron chi connectivity index (χ3n) is 1.72. The first-order valence-electron chi connectivity index (χ1n) is 4.44. The third kappa shape index (κ3) is 11.4. The Kier molecular flexibility index (Phi) is 10.7. The fraction of sp³-hybridized carbons (Fsp3) is 1.00.